The summed E-state index contributed by atoms with van der Waals surface area (Å²) in [4.78, 5) is 9.66. The molecule has 0 N–H and O–H groups in total. The van der Waals surface area contributed by atoms with Gasteiger partial charge in [-0.3, -0.25) is 4.98 Å². The summed E-state index contributed by atoms with van der Waals surface area (Å²) in [6.45, 7) is 1.80. The minimum atomic E-state index is -4.48. The number of nitrogens with zero attached hydrogens (tertiary/aromatic N) is 4. The lowest BCUT2D eigenvalue weighted by atomic mass is 9.97. The lowest BCUT2D eigenvalue weighted by molar-refractivity contribution is -0.141. The van der Waals surface area contributed by atoms with Crippen LogP contribution in [-0.4, -0.2) is 29.7 Å². The highest BCUT2D eigenvalue weighted by atomic mass is 19.4. The topological polar surface area (TPSA) is 62.0 Å². The fourth-order valence-electron chi connectivity index (χ4n) is 2.92. The van der Waals surface area contributed by atoms with Crippen LogP contribution in [0.25, 0.3) is 0 Å². The highest BCUT2D eigenvalue weighted by Gasteiger charge is 2.32. The molecule has 26 heavy (non-hydrogen) atoms. The predicted octanol–water partition coefficient (Wildman–Crippen LogP) is 3.66. The molecule has 0 radical (unpaired) electrons. The van der Waals surface area contributed by atoms with Crippen molar-refractivity contribution in [1.29, 1.82) is 5.26 Å². The Morgan fingerprint density at radius 1 is 1.19 bits per heavy atom. The van der Waals surface area contributed by atoms with E-state index < -0.39 is 11.9 Å². The number of pyridine rings is 2. The molecule has 0 spiro atoms. The number of halogens is 3. The zero-order valence-electron chi connectivity index (χ0n) is 13.9. The average Bonchev–Trinajstić information content (AvgIpc) is 2.66. The van der Waals surface area contributed by atoms with Gasteiger partial charge >= 0.3 is 6.18 Å². The third-order valence-electron chi connectivity index (χ3n) is 4.33. The van der Waals surface area contributed by atoms with Crippen molar-refractivity contribution >= 4 is 5.82 Å². The van der Waals surface area contributed by atoms with Gasteiger partial charge in [0.25, 0.3) is 0 Å². The molecule has 1 aliphatic rings. The smallest absolute Gasteiger partial charge is 0.433 e. The Labute approximate surface area is 149 Å². The second-order valence-electron chi connectivity index (χ2n) is 6.10. The van der Waals surface area contributed by atoms with Gasteiger partial charge in [0.1, 0.15) is 23.3 Å². The fourth-order valence-corrected chi connectivity index (χ4v) is 2.92. The van der Waals surface area contributed by atoms with Gasteiger partial charge < -0.3 is 9.64 Å². The quantitative estimate of drug-likeness (QED) is 0.831. The van der Waals surface area contributed by atoms with Crippen LogP contribution in [0.5, 0.6) is 5.75 Å². The van der Waals surface area contributed by atoms with Gasteiger partial charge in [0.2, 0.25) is 0 Å². The number of nitriles is 1. The Kier molecular flexibility index (Phi) is 5.26. The lowest BCUT2D eigenvalue weighted by Gasteiger charge is -2.33. The number of alkyl halides is 3. The van der Waals surface area contributed by atoms with Gasteiger partial charge in [0.15, 0.2) is 0 Å². The summed E-state index contributed by atoms with van der Waals surface area (Å²) in [7, 11) is 0. The van der Waals surface area contributed by atoms with Crippen LogP contribution in [-0.2, 0) is 6.18 Å². The minimum absolute atomic E-state index is 0.172. The van der Waals surface area contributed by atoms with Crippen LogP contribution in [0.2, 0.25) is 0 Å². The molecular formula is C18H17F3N4O. The molecule has 3 heterocycles. The lowest BCUT2D eigenvalue weighted by Crippen LogP contribution is -2.36. The van der Waals surface area contributed by atoms with Crippen LogP contribution in [0.15, 0.2) is 36.7 Å². The first-order valence-corrected chi connectivity index (χ1v) is 8.23. The summed E-state index contributed by atoms with van der Waals surface area (Å²) in [6, 6.07) is 7.95. The maximum Gasteiger partial charge on any atom is 0.433 e. The highest BCUT2D eigenvalue weighted by Crippen LogP contribution is 2.30. The van der Waals surface area contributed by atoms with Crippen molar-refractivity contribution in [2.45, 2.75) is 19.0 Å². The summed E-state index contributed by atoms with van der Waals surface area (Å²) in [6.07, 6.45) is -0.0819. The van der Waals surface area contributed by atoms with E-state index in [-0.39, 0.29) is 11.7 Å². The molecule has 0 aliphatic carbocycles. The molecule has 0 bridgehead atoms. The van der Waals surface area contributed by atoms with E-state index in [1.807, 2.05) is 0 Å². The fraction of sp³-hybridized carbons (Fsp3) is 0.389. The van der Waals surface area contributed by atoms with Crippen LogP contribution in [0.4, 0.5) is 19.0 Å². The Morgan fingerprint density at radius 3 is 2.65 bits per heavy atom. The van der Waals surface area contributed by atoms with Crippen molar-refractivity contribution in [3.63, 3.8) is 0 Å². The number of anilines is 1. The number of aromatic nitrogens is 2. The summed E-state index contributed by atoms with van der Waals surface area (Å²) < 4.78 is 43.6. The molecule has 0 saturated carbocycles. The molecule has 5 nitrogen and oxygen atoms in total. The van der Waals surface area contributed by atoms with Gasteiger partial charge in [0, 0.05) is 31.5 Å². The van der Waals surface area contributed by atoms with Gasteiger partial charge in [0.05, 0.1) is 12.2 Å². The van der Waals surface area contributed by atoms with E-state index in [0.29, 0.717) is 18.0 Å². The van der Waals surface area contributed by atoms with Crippen molar-refractivity contribution in [3.8, 4) is 11.8 Å². The summed E-state index contributed by atoms with van der Waals surface area (Å²) in [5.41, 5.74) is -0.414. The molecule has 0 aromatic carbocycles. The van der Waals surface area contributed by atoms with Crippen molar-refractivity contribution in [2.75, 3.05) is 24.6 Å². The Hall–Kier alpha value is -2.82. The Bertz CT molecular complexity index is 796. The summed E-state index contributed by atoms with van der Waals surface area (Å²) in [5.74, 6) is 1.09. The van der Waals surface area contributed by atoms with Crippen LogP contribution < -0.4 is 9.64 Å². The molecule has 2 aromatic rings. The van der Waals surface area contributed by atoms with E-state index >= 15 is 0 Å². The number of hydrogen-bond donors (Lipinski definition) is 0. The van der Waals surface area contributed by atoms with Gasteiger partial charge in [-0.2, -0.15) is 18.4 Å². The number of hydrogen-bond acceptors (Lipinski definition) is 5. The van der Waals surface area contributed by atoms with Gasteiger partial charge in [-0.25, -0.2) is 4.98 Å². The zero-order valence-corrected chi connectivity index (χ0v) is 13.9. The molecule has 1 aliphatic heterocycles. The zero-order chi connectivity index (χ0) is 18.6. The maximum atomic E-state index is 12.7. The second-order valence-corrected chi connectivity index (χ2v) is 6.10. The SMILES string of the molecule is N#Cc1cccnc1N1CCC(COc2ccnc(C(F)(F)F)c2)CC1. The predicted molar refractivity (Wildman–Crippen MR) is 88.6 cm³/mol. The van der Waals surface area contributed by atoms with Crippen LogP contribution in [0.3, 0.4) is 0 Å². The molecular weight excluding hydrogens is 345 g/mol. The van der Waals surface area contributed by atoms with Crippen molar-refractivity contribution < 1.29 is 17.9 Å². The van der Waals surface area contributed by atoms with E-state index in [1.165, 1.54) is 6.07 Å². The first-order chi connectivity index (χ1) is 12.5. The summed E-state index contributed by atoms with van der Waals surface area (Å²) >= 11 is 0. The molecule has 8 heteroatoms. The monoisotopic (exact) mass is 362 g/mol. The molecule has 1 saturated heterocycles. The van der Waals surface area contributed by atoms with Crippen molar-refractivity contribution in [1.82, 2.24) is 9.97 Å². The van der Waals surface area contributed by atoms with E-state index in [4.69, 9.17) is 10.00 Å². The third-order valence-corrected chi connectivity index (χ3v) is 4.33. The molecule has 1 fully saturated rings. The molecule has 0 unspecified atom stereocenters. The molecule has 0 atom stereocenters. The Balaban J connectivity index is 1.54. The molecule has 0 amide bonds. The van der Waals surface area contributed by atoms with E-state index in [1.54, 1.807) is 18.3 Å². The second kappa shape index (κ2) is 7.60. The summed E-state index contributed by atoms with van der Waals surface area (Å²) in [5, 5.41) is 9.17. The first kappa shape index (κ1) is 18.0. The molecule has 136 valence electrons. The third kappa shape index (κ3) is 4.23. The maximum absolute atomic E-state index is 12.7. The number of ether oxygens (including phenoxy) is 1. The number of rotatable bonds is 4. The Morgan fingerprint density at radius 2 is 1.96 bits per heavy atom. The normalized spacial score (nSPS) is 15.5. The number of piperidine rings is 1. The average molecular weight is 362 g/mol. The standard InChI is InChI=1S/C18H17F3N4O/c19-18(20,21)16-10-15(3-7-23-16)26-12-13-4-8-25(9-5-13)17-14(11-22)2-1-6-24-17/h1-3,6-7,10,13H,4-5,8-9,12H2. The van der Waals surface area contributed by atoms with Gasteiger partial charge in [-0.15, -0.1) is 0 Å². The van der Waals surface area contributed by atoms with Crippen molar-refractivity contribution in [2.24, 2.45) is 5.92 Å². The van der Waals surface area contributed by atoms with Gasteiger partial charge in [-0.1, -0.05) is 0 Å². The van der Waals surface area contributed by atoms with E-state index in [0.717, 1.165) is 38.2 Å². The van der Waals surface area contributed by atoms with Gasteiger partial charge in [-0.05, 0) is 37.0 Å². The largest absolute Gasteiger partial charge is 0.493 e. The van der Waals surface area contributed by atoms with E-state index in [2.05, 4.69) is 20.9 Å². The van der Waals surface area contributed by atoms with Crippen LogP contribution in [0, 0.1) is 17.2 Å². The molecule has 2 aromatic heterocycles. The molecule has 3 rings (SSSR count). The van der Waals surface area contributed by atoms with Crippen LogP contribution in [0.1, 0.15) is 24.1 Å². The minimum Gasteiger partial charge on any atom is -0.493 e. The van der Waals surface area contributed by atoms with E-state index in [9.17, 15) is 13.2 Å². The first-order valence-electron chi connectivity index (χ1n) is 8.23. The van der Waals surface area contributed by atoms with Crippen molar-refractivity contribution in [3.05, 3.63) is 47.9 Å². The van der Waals surface area contributed by atoms with Crippen LogP contribution >= 0.6 is 0 Å². The highest BCUT2D eigenvalue weighted by molar-refractivity contribution is 5.53.